The minimum atomic E-state index is -0.294. The average molecular weight is 261 g/mol. The predicted octanol–water partition coefficient (Wildman–Crippen LogP) is 2.41. The van der Waals surface area contributed by atoms with Crippen molar-refractivity contribution in [2.75, 3.05) is 6.61 Å². The molecule has 0 radical (unpaired) electrons. The van der Waals surface area contributed by atoms with Gasteiger partial charge in [-0.05, 0) is 25.8 Å². The molecule has 1 unspecified atom stereocenters. The number of nitrogens with two attached hydrogens (primary N) is 1. The van der Waals surface area contributed by atoms with Gasteiger partial charge >= 0.3 is 0 Å². The van der Waals surface area contributed by atoms with E-state index in [9.17, 15) is 0 Å². The molecule has 2 aromatic rings. The van der Waals surface area contributed by atoms with Crippen molar-refractivity contribution in [1.29, 1.82) is 0 Å². The van der Waals surface area contributed by atoms with Crippen LogP contribution in [0.15, 0.2) is 34.9 Å². The van der Waals surface area contributed by atoms with Gasteiger partial charge < -0.3 is 15.0 Å². The van der Waals surface area contributed by atoms with Crippen LogP contribution in [0, 0.1) is 0 Å². The first-order valence-electron chi connectivity index (χ1n) is 6.45. The number of aromatic nitrogens is 2. The van der Waals surface area contributed by atoms with Crippen LogP contribution >= 0.6 is 0 Å². The first kappa shape index (κ1) is 13.7. The number of hydrogen-bond acceptors (Lipinski definition) is 5. The summed E-state index contributed by atoms with van der Waals surface area (Å²) in [4.78, 5) is 4.30. The van der Waals surface area contributed by atoms with E-state index in [1.54, 1.807) is 0 Å². The smallest absolute Gasteiger partial charge is 0.243 e. The molecule has 102 valence electrons. The van der Waals surface area contributed by atoms with Crippen LogP contribution in [0.2, 0.25) is 0 Å². The molecule has 1 aromatic heterocycles. The number of ether oxygens (including phenoxy) is 1. The minimum Gasteiger partial charge on any atom is -0.371 e. The second kappa shape index (κ2) is 6.45. The third kappa shape index (κ3) is 3.62. The molecule has 19 heavy (non-hydrogen) atoms. The second-order valence-electron chi connectivity index (χ2n) is 4.38. The molecule has 2 rings (SSSR count). The maximum Gasteiger partial charge on any atom is 0.243 e. The molecule has 0 aliphatic heterocycles. The highest BCUT2D eigenvalue weighted by molar-refractivity contribution is 5.16. The van der Waals surface area contributed by atoms with Gasteiger partial charge in [-0.15, -0.1) is 0 Å². The van der Waals surface area contributed by atoms with Crippen molar-refractivity contribution in [3.63, 3.8) is 0 Å². The Morgan fingerprint density at radius 2 is 2.05 bits per heavy atom. The molecule has 0 spiro atoms. The normalized spacial score (nSPS) is 14.3. The molecule has 5 nitrogen and oxygen atoms in total. The van der Waals surface area contributed by atoms with Gasteiger partial charge in [0.05, 0.1) is 6.04 Å². The lowest BCUT2D eigenvalue weighted by Gasteiger charge is -2.07. The largest absolute Gasteiger partial charge is 0.371 e. The lowest BCUT2D eigenvalue weighted by atomic mass is 10.1. The van der Waals surface area contributed by atoms with Crippen molar-refractivity contribution < 1.29 is 9.26 Å². The van der Waals surface area contributed by atoms with Crippen LogP contribution in [-0.2, 0) is 11.2 Å². The SMILES string of the molecule is CCOC(C)c1noc([C@H](N)Cc2ccccc2)n1. The highest BCUT2D eigenvalue weighted by atomic mass is 16.5. The molecule has 1 heterocycles. The van der Waals surface area contributed by atoms with E-state index in [-0.39, 0.29) is 12.1 Å². The number of rotatable bonds is 6. The highest BCUT2D eigenvalue weighted by Crippen LogP contribution is 2.18. The molecule has 2 atom stereocenters. The number of benzene rings is 1. The fraction of sp³-hybridized carbons (Fsp3) is 0.429. The maximum absolute atomic E-state index is 6.08. The van der Waals surface area contributed by atoms with Crippen LogP contribution in [0.1, 0.15) is 43.3 Å². The van der Waals surface area contributed by atoms with Gasteiger partial charge in [0, 0.05) is 6.61 Å². The van der Waals surface area contributed by atoms with Crippen molar-refractivity contribution in [2.45, 2.75) is 32.4 Å². The van der Waals surface area contributed by atoms with Crippen LogP contribution in [0.3, 0.4) is 0 Å². The summed E-state index contributed by atoms with van der Waals surface area (Å²) >= 11 is 0. The molecule has 2 N–H and O–H groups in total. The standard InChI is InChI=1S/C14H19N3O2/c1-3-18-10(2)13-16-14(19-17-13)12(15)9-11-7-5-4-6-8-11/h4-8,10,12H,3,9,15H2,1-2H3/t10?,12-/m1/s1. The third-order valence-electron chi connectivity index (χ3n) is 2.85. The fourth-order valence-electron chi connectivity index (χ4n) is 1.84. The lowest BCUT2D eigenvalue weighted by molar-refractivity contribution is 0.0683. The van der Waals surface area contributed by atoms with Crippen molar-refractivity contribution in [1.82, 2.24) is 10.1 Å². The minimum absolute atomic E-state index is 0.175. The van der Waals surface area contributed by atoms with E-state index < -0.39 is 0 Å². The van der Waals surface area contributed by atoms with E-state index >= 15 is 0 Å². The molecule has 0 saturated carbocycles. The zero-order chi connectivity index (χ0) is 13.7. The van der Waals surface area contributed by atoms with Gasteiger partial charge in [0.1, 0.15) is 6.10 Å². The molecule has 0 amide bonds. The van der Waals surface area contributed by atoms with Crippen LogP contribution in [0.25, 0.3) is 0 Å². The summed E-state index contributed by atoms with van der Waals surface area (Å²) < 4.78 is 10.6. The Morgan fingerprint density at radius 3 is 2.74 bits per heavy atom. The van der Waals surface area contributed by atoms with Gasteiger partial charge in [-0.3, -0.25) is 0 Å². The molecular formula is C14H19N3O2. The first-order chi connectivity index (χ1) is 9.20. The maximum atomic E-state index is 6.08. The van der Waals surface area contributed by atoms with E-state index in [4.69, 9.17) is 15.0 Å². The molecule has 0 saturated heterocycles. The summed E-state index contributed by atoms with van der Waals surface area (Å²) in [5, 5.41) is 3.91. The predicted molar refractivity (Wildman–Crippen MR) is 71.4 cm³/mol. The van der Waals surface area contributed by atoms with E-state index in [1.165, 1.54) is 0 Å². The Hall–Kier alpha value is -1.72. The van der Waals surface area contributed by atoms with Gasteiger partial charge in [0.25, 0.3) is 0 Å². The Balaban J connectivity index is 2.02. The fourth-order valence-corrected chi connectivity index (χ4v) is 1.84. The average Bonchev–Trinajstić information content (AvgIpc) is 2.90. The van der Waals surface area contributed by atoms with Crippen molar-refractivity contribution in [3.8, 4) is 0 Å². The Labute approximate surface area is 112 Å². The summed E-state index contributed by atoms with van der Waals surface area (Å²) in [7, 11) is 0. The summed E-state index contributed by atoms with van der Waals surface area (Å²) in [6.45, 7) is 4.43. The van der Waals surface area contributed by atoms with Crippen LogP contribution in [-0.4, -0.2) is 16.7 Å². The molecule has 5 heteroatoms. The van der Waals surface area contributed by atoms with Gasteiger partial charge in [0.2, 0.25) is 5.89 Å². The molecule has 0 fully saturated rings. The molecule has 0 aliphatic rings. The molecular weight excluding hydrogens is 242 g/mol. The summed E-state index contributed by atoms with van der Waals surface area (Å²) in [5.41, 5.74) is 7.22. The third-order valence-corrected chi connectivity index (χ3v) is 2.85. The Morgan fingerprint density at radius 1 is 1.32 bits per heavy atom. The molecule has 0 bridgehead atoms. The number of hydrogen-bond donors (Lipinski definition) is 1. The van der Waals surface area contributed by atoms with Crippen molar-refractivity contribution >= 4 is 0 Å². The first-order valence-corrected chi connectivity index (χ1v) is 6.45. The number of nitrogens with zero attached hydrogens (tertiary/aromatic N) is 2. The van der Waals surface area contributed by atoms with E-state index in [0.717, 1.165) is 5.56 Å². The Kier molecular flexibility index (Phi) is 4.65. The zero-order valence-corrected chi connectivity index (χ0v) is 11.2. The molecule has 0 aliphatic carbocycles. The lowest BCUT2D eigenvalue weighted by Crippen LogP contribution is -2.14. The van der Waals surface area contributed by atoms with Crippen molar-refractivity contribution in [3.05, 3.63) is 47.6 Å². The van der Waals surface area contributed by atoms with E-state index in [1.807, 2.05) is 44.2 Å². The van der Waals surface area contributed by atoms with Crippen LogP contribution < -0.4 is 5.73 Å². The zero-order valence-electron chi connectivity index (χ0n) is 11.2. The van der Waals surface area contributed by atoms with Gasteiger partial charge in [-0.25, -0.2) is 0 Å². The highest BCUT2D eigenvalue weighted by Gasteiger charge is 2.18. The van der Waals surface area contributed by atoms with Gasteiger partial charge in [0.15, 0.2) is 5.82 Å². The van der Waals surface area contributed by atoms with E-state index in [0.29, 0.717) is 24.7 Å². The van der Waals surface area contributed by atoms with E-state index in [2.05, 4.69) is 10.1 Å². The summed E-state index contributed by atoms with van der Waals surface area (Å²) in [5.74, 6) is 0.991. The van der Waals surface area contributed by atoms with Crippen LogP contribution in [0.4, 0.5) is 0 Å². The topological polar surface area (TPSA) is 74.2 Å². The summed E-state index contributed by atoms with van der Waals surface area (Å²) in [6, 6.07) is 9.71. The Bertz CT molecular complexity index is 498. The van der Waals surface area contributed by atoms with Gasteiger partial charge in [-0.1, -0.05) is 35.5 Å². The summed E-state index contributed by atoms with van der Waals surface area (Å²) in [6.07, 6.45) is 0.498. The van der Waals surface area contributed by atoms with Crippen LogP contribution in [0.5, 0.6) is 0 Å². The quantitative estimate of drug-likeness (QED) is 0.864. The second-order valence-corrected chi connectivity index (χ2v) is 4.38. The monoisotopic (exact) mass is 261 g/mol. The molecule has 1 aromatic carbocycles. The van der Waals surface area contributed by atoms with Crippen molar-refractivity contribution in [2.24, 2.45) is 5.73 Å². The van der Waals surface area contributed by atoms with Gasteiger partial charge in [-0.2, -0.15) is 4.98 Å².